The lowest BCUT2D eigenvalue weighted by Crippen LogP contribution is -2.12. The highest BCUT2D eigenvalue weighted by atomic mass is 35.7. The first-order valence-electron chi connectivity index (χ1n) is 11.4. The van der Waals surface area contributed by atoms with Crippen molar-refractivity contribution >= 4 is 30.9 Å². The summed E-state index contributed by atoms with van der Waals surface area (Å²) >= 11 is 0. The molecule has 0 saturated heterocycles. The monoisotopic (exact) mass is 515 g/mol. The van der Waals surface area contributed by atoms with E-state index in [0.717, 1.165) is 36.8 Å². The molecular formula is C24H26ClN5O4S. The van der Waals surface area contributed by atoms with Gasteiger partial charge in [-0.05, 0) is 24.5 Å². The Morgan fingerprint density at radius 3 is 2.57 bits per heavy atom. The summed E-state index contributed by atoms with van der Waals surface area (Å²) in [5.74, 6) is 1.01. The molecular weight excluding hydrogens is 490 g/mol. The quantitative estimate of drug-likeness (QED) is 0.247. The normalized spacial score (nSPS) is 11.7. The van der Waals surface area contributed by atoms with E-state index in [0.29, 0.717) is 25.2 Å². The fraction of sp³-hybridized carbons (Fsp3) is 0.333. The molecule has 0 aliphatic heterocycles. The third-order valence-corrected chi connectivity index (χ3v) is 6.76. The Morgan fingerprint density at radius 2 is 1.89 bits per heavy atom. The van der Waals surface area contributed by atoms with Crippen LogP contribution in [0, 0.1) is 0 Å². The number of pyridine rings is 1. The van der Waals surface area contributed by atoms with Crippen LogP contribution in [0.3, 0.4) is 0 Å². The number of nitrogens with one attached hydrogen (secondary N) is 1. The van der Waals surface area contributed by atoms with E-state index in [-0.39, 0.29) is 27.7 Å². The average Bonchev–Trinajstić information content (AvgIpc) is 3.17. The lowest BCUT2D eigenvalue weighted by atomic mass is 10.1. The number of unbranched alkanes of at least 4 members (excludes halogenated alkanes) is 1. The fourth-order valence-electron chi connectivity index (χ4n) is 3.72. The molecule has 11 heteroatoms. The number of aryl methyl sites for hydroxylation is 1. The van der Waals surface area contributed by atoms with Crippen LogP contribution in [-0.2, 0) is 22.0 Å². The predicted molar refractivity (Wildman–Crippen MR) is 134 cm³/mol. The van der Waals surface area contributed by atoms with Crippen molar-refractivity contribution < 1.29 is 13.2 Å². The van der Waals surface area contributed by atoms with Gasteiger partial charge in [0.25, 0.3) is 14.6 Å². The standard InChI is InChI=1S/C24H26ClN5O4S/c1-3-5-12-34-24-18(14-17(15-26-24)35(25,32)33)21-28-22-20(23(31)29-21)27-19(30(22)11-4-2)13-16-9-7-6-8-10-16/h6-10,14-15H,3-5,11-13H2,1-2H3,(H,28,29,31). The summed E-state index contributed by atoms with van der Waals surface area (Å²) in [4.78, 5) is 29.0. The van der Waals surface area contributed by atoms with E-state index in [4.69, 9.17) is 15.4 Å². The molecule has 0 bridgehead atoms. The van der Waals surface area contributed by atoms with Crippen LogP contribution in [0.4, 0.5) is 0 Å². The maximum Gasteiger partial charge on any atom is 0.279 e. The van der Waals surface area contributed by atoms with Gasteiger partial charge in [0, 0.05) is 23.6 Å². The van der Waals surface area contributed by atoms with E-state index in [1.807, 2.05) is 48.7 Å². The highest BCUT2D eigenvalue weighted by Gasteiger charge is 2.21. The smallest absolute Gasteiger partial charge is 0.279 e. The number of fused-ring (bicyclic) bond motifs is 1. The van der Waals surface area contributed by atoms with Crippen molar-refractivity contribution in [1.29, 1.82) is 0 Å². The summed E-state index contributed by atoms with van der Waals surface area (Å²) in [6, 6.07) is 11.2. The highest BCUT2D eigenvalue weighted by Crippen LogP contribution is 2.30. The molecule has 0 spiro atoms. The van der Waals surface area contributed by atoms with Gasteiger partial charge in [-0.3, -0.25) is 4.79 Å². The number of aromatic nitrogens is 5. The minimum atomic E-state index is -4.06. The molecule has 0 saturated carbocycles. The minimum Gasteiger partial charge on any atom is -0.477 e. The van der Waals surface area contributed by atoms with Gasteiger partial charge in [-0.25, -0.2) is 23.4 Å². The minimum absolute atomic E-state index is 0.132. The third-order valence-electron chi connectivity index (χ3n) is 5.44. The van der Waals surface area contributed by atoms with Crippen LogP contribution in [0.2, 0.25) is 0 Å². The van der Waals surface area contributed by atoms with E-state index in [2.05, 4.69) is 19.9 Å². The number of nitrogens with zero attached hydrogens (tertiary/aromatic N) is 4. The predicted octanol–water partition coefficient (Wildman–Crippen LogP) is 4.29. The fourth-order valence-corrected chi connectivity index (χ4v) is 4.41. The van der Waals surface area contributed by atoms with Gasteiger partial charge >= 0.3 is 0 Å². The molecule has 0 radical (unpaired) electrons. The van der Waals surface area contributed by atoms with E-state index in [9.17, 15) is 13.2 Å². The molecule has 4 rings (SSSR count). The van der Waals surface area contributed by atoms with Gasteiger partial charge < -0.3 is 14.3 Å². The number of hydrogen-bond donors (Lipinski definition) is 1. The number of aromatic amines is 1. The molecule has 4 aromatic rings. The summed E-state index contributed by atoms with van der Waals surface area (Å²) in [5.41, 5.74) is 1.49. The van der Waals surface area contributed by atoms with Crippen LogP contribution in [-0.4, -0.2) is 39.5 Å². The second-order valence-corrected chi connectivity index (χ2v) is 10.7. The van der Waals surface area contributed by atoms with Gasteiger partial charge in [-0.2, -0.15) is 0 Å². The average molecular weight is 516 g/mol. The Hall–Kier alpha value is -3.24. The maximum atomic E-state index is 13.1. The van der Waals surface area contributed by atoms with E-state index in [1.165, 1.54) is 6.07 Å². The van der Waals surface area contributed by atoms with Gasteiger partial charge in [-0.15, -0.1) is 0 Å². The van der Waals surface area contributed by atoms with E-state index < -0.39 is 14.6 Å². The summed E-state index contributed by atoms with van der Waals surface area (Å²) in [5, 5.41) is 0. The SMILES string of the molecule is CCCCOc1ncc(S(=O)(=O)Cl)cc1-c1nc2c(nc(Cc3ccccc3)n2CCC)c(=O)[nH]1. The van der Waals surface area contributed by atoms with Gasteiger partial charge in [0.2, 0.25) is 5.88 Å². The molecule has 3 aromatic heterocycles. The molecule has 35 heavy (non-hydrogen) atoms. The lowest BCUT2D eigenvalue weighted by Gasteiger charge is -2.11. The number of halogens is 1. The molecule has 0 atom stereocenters. The first-order valence-corrected chi connectivity index (χ1v) is 13.7. The maximum absolute atomic E-state index is 13.1. The van der Waals surface area contributed by atoms with Crippen LogP contribution < -0.4 is 10.3 Å². The van der Waals surface area contributed by atoms with Gasteiger partial charge in [0.15, 0.2) is 11.2 Å². The summed E-state index contributed by atoms with van der Waals surface area (Å²) in [6.45, 7) is 5.05. The molecule has 0 aliphatic carbocycles. The van der Waals surface area contributed by atoms with Crippen molar-refractivity contribution in [2.24, 2.45) is 0 Å². The molecule has 1 aromatic carbocycles. The lowest BCUT2D eigenvalue weighted by molar-refractivity contribution is 0.298. The van der Waals surface area contributed by atoms with Crippen LogP contribution in [0.5, 0.6) is 5.88 Å². The van der Waals surface area contributed by atoms with Crippen LogP contribution >= 0.6 is 10.7 Å². The van der Waals surface area contributed by atoms with Gasteiger partial charge in [0.05, 0.1) is 18.4 Å². The molecule has 0 aliphatic rings. The first kappa shape index (κ1) is 24.9. The zero-order valence-electron chi connectivity index (χ0n) is 19.5. The van der Waals surface area contributed by atoms with Crippen molar-refractivity contribution in [2.45, 2.75) is 51.0 Å². The van der Waals surface area contributed by atoms with Gasteiger partial charge in [-0.1, -0.05) is 50.6 Å². The number of rotatable bonds is 10. The van der Waals surface area contributed by atoms with Crippen molar-refractivity contribution in [1.82, 2.24) is 24.5 Å². The summed E-state index contributed by atoms with van der Waals surface area (Å²) in [6.07, 6.45) is 4.17. The summed E-state index contributed by atoms with van der Waals surface area (Å²) < 4.78 is 31.6. The van der Waals surface area contributed by atoms with E-state index in [1.54, 1.807) is 0 Å². The topological polar surface area (TPSA) is 120 Å². The first-order chi connectivity index (χ1) is 16.8. The van der Waals surface area contributed by atoms with Crippen LogP contribution in [0.25, 0.3) is 22.6 Å². The molecule has 3 heterocycles. The molecule has 0 unspecified atom stereocenters. The number of benzene rings is 1. The Bertz CT molecular complexity index is 1500. The second kappa shape index (κ2) is 10.6. The zero-order valence-corrected chi connectivity index (χ0v) is 21.1. The molecule has 0 fully saturated rings. The zero-order chi connectivity index (χ0) is 25.0. The van der Waals surface area contributed by atoms with Crippen molar-refractivity contribution in [3.8, 4) is 17.3 Å². The molecule has 9 nitrogen and oxygen atoms in total. The number of imidazole rings is 1. The molecule has 1 N–H and O–H groups in total. The number of H-pyrrole nitrogens is 1. The van der Waals surface area contributed by atoms with Crippen LogP contribution in [0.1, 0.15) is 44.5 Å². The Balaban J connectivity index is 1.88. The number of ether oxygens (including phenoxy) is 1. The van der Waals surface area contributed by atoms with Gasteiger partial charge in [0.1, 0.15) is 16.5 Å². The highest BCUT2D eigenvalue weighted by molar-refractivity contribution is 8.13. The summed E-state index contributed by atoms with van der Waals surface area (Å²) in [7, 11) is 1.50. The largest absolute Gasteiger partial charge is 0.477 e. The second-order valence-electron chi connectivity index (χ2n) is 8.09. The third kappa shape index (κ3) is 5.54. The van der Waals surface area contributed by atoms with Crippen molar-refractivity contribution in [2.75, 3.05) is 6.61 Å². The molecule has 0 amide bonds. The Morgan fingerprint density at radius 1 is 1.11 bits per heavy atom. The van der Waals surface area contributed by atoms with Crippen molar-refractivity contribution in [3.05, 3.63) is 64.3 Å². The molecule has 184 valence electrons. The Labute approximate surface area is 207 Å². The number of hydrogen-bond acceptors (Lipinski definition) is 7. The van der Waals surface area contributed by atoms with Crippen molar-refractivity contribution in [3.63, 3.8) is 0 Å². The van der Waals surface area contributed by atoms with Crippen LogP contribution in [0.15, 0.2) is 52.3 Å². The Kier molecular flexibility index (Phi) is 7.51. The van der Waals surface area contributed by atoms with E-state index >= 15 is 0 Å².